The molecule has 0 fully saturated rings. The number of carbonyl (C=O) groups excluding carboxylic acids is 1. The lowest BCUT2D eigenvalue weighted by atomic mass is 9.64. The maximum Gasteiger partial charge on any atom is 0.302 e. The molecule has 0 bridgehead atoms. The van der Waals surface area contributed by atoms with Crippen LogP contribution in [0.15, 0.2) is 0 Å². The van der Waals surface area contributed by atoms with Gasteiger partial charge in [0.15, 0.2) is 0 Å². The molecule has 0 aliphatic carbocycles. The van der Waals surface area contributed by atoms with Gasteiger partial charge in [-0.25, -0.2) is 0 Å². The Morgan fingerprint density at radius 3 is 1.79 bits per heavy atom. The van der Waals surface area contributed by atoms with E-state index in [9.17, 15) is 4.79 Å². The summed E-state index contributed by atoms with van der Waals surface area (Å²) >= 11 is 0. The van der Waals surface area contributed by atoms with Crippen molar-refractivity contribution in [1.29, 1.82) is 0 Å². The molecule has 2 heteroatoms. The largest absolute Gasteiger partial charge is 0.465 e. The summed E-state index contributed by atoms with van der Waals surface area (Å²) in [6.45, 7) is 13.0. The molecular weight excluding hydrogens is 176 g/mol. The third-order valence-corrected chi connectivity index (χ3v) is 3.50. The summed E-state index contributed by atoms with van der Waals surface area (Å²) in [7, 11) is 0. The zero-order chi connectivity index (χ0) is 11.4. The Kier molecular flexibility index (Phi) is 4.63. The van der Waals surface area contributed by atoms with Crippen molar-refractivity contribution in [2.75, 3.05) is 6.61 Å². The third-order valence-electron chi connectivity index (χ3n) is 3.50. The Morgan fingerprint density at radius 2 is 1.57 bits per heavy atom. The smallest absolute Gasteiger partial charge is 0.302 e. The Labute approximate surface area is 88.0 Å². The minimum Gasteiger partial charge on any atom is -0.465 e. The summed E-state index contributed by atoms with van der Waals surface area (Å²) in [5.74, 6) is -0.180. The van der Waals surface area contributed by atoms with Gasteiger partial charge < -0.3 is 4.74 Å². The maximum atomic E-state index is 10.8. The molecule has 84 valence electrons. The summed E-state index contributed by atoms with van der Waals surface area (Å²) in [5.41, 5.74) is 0.282. The van der Waals surface area contributed by atoms with Crippen LogP contribution in [0.3, 0.4) is 0 Å². The predicted octanol–water partition coefficient (Wildman–Crippen LogP) is 3.40. The van der Waals surface area contributed by atoms with Crippen molar-refractivity contribution in [2.24, 2.45) is 10.8 Å². The molecule has 0 aliphatic rings. The van der Waals surface area contributed by atoms with Crippen LogP contribution in [0.4, 0.5) is 0 Å². The van der Waals surface area contributed by atoms with Crippen LogP contribution in [0, 0.1) is 10.8 Å². The van der Waals surface area contributed by atoms with E-state index < -0.39 is 0 Å². The Bertz CT molecular complexity index is 185. The van der Waals surface area contributed by atoms with Crippen LogP contribution >= 0.6 is 0 Å². The SMILES string of the molecule is CCC(CC)(COC(C)=O)C(C)(C)C. The molecule has 0 saturated heterocycles. The molecule has 0 amide bonds. The molecule has 0 rings (SSSR count). The summed E-state index contributed by atoms with van der Waals surface area (Å²) < 4.78 is 5.18. The van der Waals surface area contributed by atoms with E-state index in [0.29, 0.717) is 6.61 Å². The van der Waals surface area contributed by atoms with E-state index in [4.69, 9.17) is 4.74 Å². The van der Waals surface area contributed by atoms with E-state index in [1.807, 2.05) is 0 Å². The zero-order valence-electron chi connectivity index (χ0n) is 10.4. The first-order valence-corrected chi connectivity index (χ1v) is 5.42. The summed E-state index contributed by atoms with van der Waals surface area (Å²) in [4.78, 5) is 10.8. The standard InChI is InChI=1S/C12H24O2/c1-7-12(8-2,11(4,5)6)9-14-10(3)13/h7-9H2,1-6H3. The van der Waals surface area contributed by atoms with Gasteiger partial charge in [-0.2, -0.15) is 0 Å². The van der Waals surface area contributed by atoms with E-state index in [-0.39, 0.29) is 16.8 Å². The molecular formula is C12H24O2. The highest BCUT2D eigenvalue weighted by Gasteiger charge is 2.39. The monoisotopic (exact) mass is 200 g/mol. The van der Waals surface area contributed by atoms with E-state index in [1.54, 1.807) is 0 Å². The Hall–Kier alpha value is -0.530. The average molecular weight is 200 g/mol. The molecule has 0 aliphatic heterocycles. The van der Waals surface area contributed by atoms with Crippen molar-refractivity contribution in [3.63, 3.8) is 0 Å². The minimum atomic E-state index is -0.180. The molecule has 0 radical (unpaired) electrons. The number of carbonyl (C=O) groups is 1. The lowest BCUT2D eigenvalue weighted by Crippen LogP contribution is -2.39. The molecule has 0 unspecified atom stereocenters. The van der Waals surface area contributed by atoms with Crippen molar-refractivity contribution in [2.45, 2.75) is 54.4 Å². The first-order chi connectivity index (χ1) is 6.29. The summed E-state index contributed by atoms with van der Waals surface area (Å²) in [5, 5.41) is 0. The van der Waals surface area contributed by atoms with Gasteiger partial charge in [-0.05, 0) is 18.3 Å². The molecule has 2 nitrogen and oxygen atoms in total. The fourth-order valence-corrected chi connectivity index (χ4v) is 1.97. The number of ether oxygens (including phenoxy) is 1. The van der Waals surface area contributed by atoms with Gasteiger partial charge in [-0.1, -0.05) is 34.6 Å². The minimum absolute atomic E-state index is 0.110. The van der Waals surface area contributed by atoms with Gasteiger partial charge in [0.1, 0.15) is 0 Å². The quantitative estimate of drug-likeness (QED) is 0.650. The maximum absolute atomic E-state index is 10.8. The molecule has 0 aromatic rings. The van der Waals surface area contributed by atoms with Crippen LogP contribution in [0.5, 0.6) is 0 Å². The second-order valence-electron chi connectivity index (χ2n) is 5.02. The molecule has 14 heavy (non-hydrogen) atoms. The number of esters is 1. The molecule has 0 aromatic heterocycles. The molecule has 0 N–H and O–H groups in total. The lowest BCUT2D eigenvalue weighted by molar-refractivity contribution is -0.148. The van der Waals surface area contributed by atoms with Crippen LogP contribution in [0.1, 0.15) is 54.4 Å². The summed E-state index contributed by atoms with van der Waals surface area (Å²) in [6, 6.07) is 0. The van der Waals surface area contributed by atoms with Crippen molar-refractivity contribution >= 4 is 5.97 Å². The van der Waals surface area contributed by atoms with E-state index in [2.05, 4.69) is 34.6 Å². The van der Waals surface area contributed by atoms with Gasteiger partial charge in [-0.3, -0.25) is 4.79 Å². The van der Waals surface area contributed by atoms with Gasteiger partial charge in [0.2, 0.25) is 0 Å². The number of hydrogen-bond donors (Lipinski definition) is 0. The first kappa shape index (κ1) is 13.5. The van der Waals surface area contributed by atoms with Crippen LogP contribution < -0.4 is 0 Å². The Balaban J connectivity index is 4.63. The van der Waals surface area contributed by atoms with E-state index >= 15 is 0 Å². The third kappa shape index (κ3) is 3.00. The molecule has 0 saturated carbocycles. The van der Waals surface area contributed by atoms with Gasteiger partial charge in [0.05, 0.1) is 6.61 Å². The van der Waals surface area contributed by atoms with Crippen molar-refractivity contribution in [1.82, 2.24) is 0 Å². The van der Waals surface area contributed by atoms with Crippen LogP contribution in [-0.4, -0.2) is 12.6 Å². The van der Waals surface area contributed by atoms with Gasteiger partial charge in [0, 0.05) is 12.3 Å². The van der Waals surface area contributed by atoms with E-state index in [0.717, 1.165) is 12.8 Å². The van der Waals surface area contributed by atoms with Crippen molar-refractivity contribution in [3.05, 3.63) is 0 Å². The normalized spacial score (nSPS) is 12.7. The first-order valence-electron chi connectivity index (χ1n) is 5.42. The van der Waals surface area contributed by atoms with Gasteiger partial charge >= 0.3 is 5.97 Å². The van der Waals surface area contributed by atoms with Crippen molar-refractivity contribution in [3.8, 4) is 0 Å². The molecule has 0 atom stereocenters. The van der Waals surface area contributed by atoms with Crippen LogP contribution in [0.2, 0.25) is 0 Å². The van der Waals surface area contributed by atoms with Gasteiger partial charge in [-0.15, -0.1) is 0 Å². The molecule has 0 heterocycles. The highest BCUT2D eigenvalue weighted by atomic mass is 16.5. The zero-order valence-corrected chi connectivity index (χ0v) is 10.4. The van der Waals surface area contributed by atoms with Crippen molar-refractivity contribution < 1.29 is 9.53 Å². The van der Waals surface area contributed by atoms with Gasteiger partial charge in [0.25, 0.3) is 0 Å². The second-order valence-corrected chi connectivity index (χ2v) is 5.02. The molecule has 0 aromatic carbocycles. The number of hydrogen-bond acceptors (Lipinski definition) is 2. The Morgan fingerprint density at radius 1 is 1.14 bits per heavy atom. The fraction of sp³-hybridized carbons (Fsp3) is 0.917. The van der Waals surface area contributed by atoms with Crippen LogP contribution in [0.25, 0.3) is 0 Å². The topological polar surface area (TPSA) is 26.3 Å². The molecule has 0 spiro atoms. The lowest BCUT2D eigenvalue weighted by Gasteiger charge is -2.43. The predicted molar refractivity (Wildman–Crippen MR) is 59.1 cm³/mol. The van der Waals surface area contributed by atoms with E-state index in [1.165, 1.54) is 6.92 Å². The second kappa shape index (κ2) is 4.81. The highest BCUT2D eigenvalue weighted by Crippen LogP contribution is 2.44. The number of rotatable bonds is 4. The van der Waals surface area contributed by atoms with Crippen LogP contribution in [-0.2, 0) is 9.53 Å². The average Bonchev–Trinajstić information content (AvgIpc) is 2.04. The highest BCUT2D eigenvalue weighted by molar-refractivity contribution is 5.65. The fourth-order valence-electron chi connectivity index (χ4n) is 1.97. The summed E-state index contributed by atoms with van der Waals surface area (Å²) in [6.07, 6.45) is 2.08.